The van der Waals surface area contributed by atoms with E-state index in [0.29, 0.717) is 17.9 Å². The maximum absolute atomic E-state index is 13.0. The number of esters is 1. The highest BCUT2D eigenvalue weighted by atomic mass is 16.7. The fourth-order valence-electron chi connectivity index (χ4n) is 4.69. The number of allylic oxidation sites excluding steroid dienone is 1. The van der Waals surface area contributed by atoms with Crippen LogP contribution >= 0.6 is 0 Å². The number of carbonyl (C=O) groups excluding carboxylic acids is 2. The summed E-state index contributed by atoms with van der Waals surface area (Å²) in [5.74, 6) is 0.331. The molecule has 1 heterocycles. The number of rotatable bonds is 6. The molecule has 0 aromatic heterocycles. The van der Waals surface area contributed by atoms with Gasteiger partial charge in [-0.05, 0) is 11.6 Å². The fraction of sp³-hybridized carbons (Fsp3) is 0.500. The van der Waals surface area contributed by atoms with E-state index < -0.39 is 29.5 Å². The zero-order valence-corrected chi connectivity index (χ0v) is 15.5. The molecule has 0 bridgehead atoms. The maximum atomic E-state index is 13.0. The van der Waals surface area contributed by atoms with Crippen molar-refractivity contribution in [2.24, 2.45) is 5.92 Å². The van der Waals surface area contributed by atoms with Crippen LogP contribution in [0.25, 0.3) is 0 Å². The second kappa shape index (κ2) is 6.65. The standard InChI is InChI=1S/C20H22O7/c1-23-10-26-15-7-5-12-13(21)8-11-4-6-14(24-2)18-17(11)20(12,19(15)27-18)9-16(22)25-3/h4-7,12,15,19H,8-10H2,1-3H3/t12-,15-,19-,20-/m1/s1. The molecule has 0 spiro atoms. The van der Waals surface area contributed by atoms with Gasteiger partial charge in [0.15, 0.2) is 11.5 Å². The molecule has 0 saturated heterocycles. The molecule has 4 rings (SSSR count). The summed E-state index contributed by atoms with van der Waals surface area (Å²) in [6.45, 7) is 0.0715. The van der Waals surface area contributed by atoms with Gasteiger partial charge in [0.05, 0.1) is 32.0 Å². The molecule has 1 aliphatic heterocycles. The van der Waals surface area contributed by atoms with Crippen molar-refractivity contribution >= 4 is 11.8 Å². The molecule has 0 saturated carbocycles. The Morgan fingerprint density at radius 1 is 1.26 bits per heavy atom. The summed E-state index contributed by atoms with van der Waals surface area (Å²) < 4.78 is 27.6. The minimum Gasteiger partial charge on any atom is -0.493 e. The van der Waals surface area contributed by atoms with Gasteiger partial charge in [0, 0.05) is 19.1 Å². The van der Waals surface area contributed by atoms with Gasteiger partial charge >= 0.3 is 5.97 Å². The lowest BCUT2D eigenvalue weighted by molar-refractivity contribution is -0.148. The van der Waals surface area contributed by atoms with Gasteiger partial charge in [-0.1, -0.05) is 18.2 Å². The number of Topliss-reactive ketones (excluding diaryl/α,β-unsaturated/α-hetero) is 1. The van der Waals surface area contributed by atoms with E-state index in [1.165, 1.54) is 14.2 Å². The normalized spacial score (nSPS) is 29.9. The van der Waals surface area contributed by atoms with Crippen molar-refractivity contribution in [3.05, 3.63) is 35.4 Å². The minimum absolute atomic E-state index is 0.0227. The quantitative estimate of drug-likeness (QED) is 0.425. The van der Waals surface area contributed by atoms with Gasteiger partial charge < -0.3 is 23.7 Å². The Labute approximate surface area is 157 Å². The van der Waals surface area contributed by atoms with Crippen LogP contribution in [0.5, 0.6) is 11.5 Å². The van der Waals surface area contributed by atoms with Crippen LogP contribution in [0, 0.1) is 5.92 Å². The molecule has 0 fully saturated rings. The Bertz CT molecular complexity index is 815. The topological polar surface area (TPSA) is 80.3 Å². The Morgan fingerprint density at radius 3 is 2.78 bits per heavy atom. The van der Waals surface area contributed by atoms with Crippen LogP contribution in [0.2, 0.25) is 0 Å². The van der Waals surface area contributed by atoms with Crippen molar-refractivity contribution in [2.45, 2.75) is 30.5 Å². The van der Waals surface area contributed by atoms with Crippen molar-refractivity contribution in [1.29, 1.82) is 0 Å². The van der Waals surface area contributed by atoms with E-state index in [1.54, 1.807) is 13.2 Å². The van der Waals surface area contributed by atoms with E-state index in [1.807, 2.05) is 18.2 Å². The highest BCUT2D eigenvalue weighted by Gasteiger charge is 2.63. The minimum atomic E-state index is -0.880. The molecular formula is C20H22O7. The number of benzene rings is 1. The van der Waals surface area contributed by atoms with E-state index in [-0.39, 0.29) is 19.0 Å². The van der Waals surface area contributed by atoms with E-state index in [4.69, 9.17) is 23.7 Å². The summed E-state index contributed by atoms with van der Waals surface area (Å²) in [5, 5.41) is 0. The number of ether oxygens (including phenoxy) is 5. The number of hydrogen-bond donors (Lipinski definition) is 0. The average molecular weight is 374 g/mol. The predicted molar refractivity (Wildman–Crippen MR) is 93.8 cm³/mol. The molecule has 4 atom stereocenters. The molecule has 3 aliphatic rings. The lowest BCUT2D eigenvalue weighted by Crippen LogP contribution is -2.58. The third-order valence-electron chi connectivity index (χ3n) is 5.75. The molecule has 7 nitrogen and oxygen atoms in total. The van der Waals surface area contributed by atoms with Crippen molar-refractivity contribution in [3.63, 3.8) is 0 Å². The number of methoxy groups -OCH3 is 3. The molecular weight excluding hydrogens is 352 g/mol. The van der Waals surface area contributed by atoms with E-state index in [2.05, 4.69) is 0 Å². The van der Waals surface area contributed by atoms with Crippen LogP contribution < -0.4 is 9.47 Å². The van der Waals surface area contributed by atoms with Crippen LogP contribution in [-0.4, -0.2) is 52.1 Å². The van der Waals surface area contributed by atoms with Crippen LogP contribution in [0.15, 0.2) is 24.3 Å². The summed E-state index contributed by atoms with van der Waals surface area (Å²) in [5.41, 5.74) is 0.839. The monoisotopic (exact) mass is 374 g/mol. The third kappa shape index (κ3) is 2.49. The molecule has 144 valence electrons. The number of ketones is 1. The molecule has 27 heavy (non-hydrogen) atoms. The van der Waals surface area contributed by atoms with E-state index >= 15 is 0 Å². The molecule has 0 radical (unpaired) electrons. The van der Waals surface area contributed by atoms with Gasteiger partial charge in [0.2, 0.25) is 0 Å². The first-order valence-electron chi connectivity index (χ1n) is 8.82. The first-order chi connectivity index (χ1) is 13.1. The molecule has 2 aliphatic carbocycles. The van der Waals surface area contributed by atoms with Crippen molar-refractivity contribution in [3.8, 4) is 11.5 Å². The number of hydrogen-bond acceptors (Lipinski definition) is 7. The van der Waals surface area contributed by atoms with Crippen molar-refractivity contribution in [1.82, 2.24) is 0 Å². The number of carbonyl (C=O) groups is 2. The van der Waals surface area contributed by atoms with Crippen LogP contribution in [0.1, 0.15) is 17.5 Å². The van der Waals surface area contributed by atoms with Crippen LogP contribution in [-0.2, 0) is 35.6 Å². The van der Waals surface area contributed by atoms with E-state index in [0.717, 1.165) is 11.1 Å². The molecule has 0 unspecified atom stereocenters. The Hall–Kier alpha value is -2.38. The Morgan fingerprint density at radius 2 is 2.07 bits per heavy atom. The van der Waals surface area contributed by atoms with Gasteiger partial charge in [-0.25, -0.2) is 0 Å². The molecule has 0 amide bonds. The second-order valence-electron chi connectivity index (χ2n) is 7.01. The molecule has 7 heteroatoms. The third-order valence-corrected chi connectivity index (χ3v) is 5.75. The summed E-state index contributed by atoms with van der Waals surface area (Å²) in [6, 6.07) is 3.67. The zero-order valence-electron chi connectivity index (χ0n) is 15.5. The second-order valence-corrected chi connectivity index (χ2v) is 7.01. The van der Waals surface area contributed by atoms with E-state index in [9.17, 15) is 9.59 Å². The van der Waals surface area contributed by atoms with Gasteiger partial charge in [-0.3, -0.25) is 9.59 Å². The fourth-order valence-corrected chi connectivity index (χ4v) is 4.69. The largest absolute Gasteiger partial charge is 0.493 e. The molecule has 1 aromatic carbocycles. The zero-order chi connectivity index (χ0) is 19.2. The summed E-state index contributed by atoms with van der Waals surface area (Å²) in [4.78, 5) is 25.3. The van der Waals surface area contributed by atoms with Gasteiger partial charge in [0.25, 0.3) is 0 Å². The lowest BCUT2D eigenvalue weighted by atomic mass is 9.56. The van der Waals surface area contributed by atoms with Crippen molar-refractivity contribution in [2.75, 3.05) is 28.1 Å². The average Bonchev–Trinajstić information content (AvgIpc) is 3.01. The van der Waals surface area contributed by atoms with Crippen LogP contribution in [0.3, 0.4) is 0 Å². The Kier molecular flexibility index (Phi) is 4.44. The Balaban J connectivity index is 1.93. The highest BCUT2D eigenvalue weighted by molar-refractivity contribution is 5.92. The van der Waals surface area contributed by atoms with Crippen LogP contribution in [0.4, 0.5) is 0 Å². The predicted octanol–water partition coefficient (Wildman–Crippen LogP) is 1.56. The maximum Gasteiger partial charge on any atom is 0.306 e. The van der Waals surface area contributed by atoms with Crippen molar-refractivity contribution < 1.29 is 33.3 Å². The smallest absolute Gasteiger partial charge is 0.306 e. The first-order valence-corrected chi connectivity index (χ1v) is 8.82. The lowest BCUT2D eigenvalue weighted by Gasteiger charge is -2.46. The summed E-state index contributed by atoms with van der Waals surface area (Å²) >= 11 is 0. The van der Waals surface area contributed by atoms with Gasteiger partial charge in [0.1, 0.15) is 24.8 Å². The SMILES string of the molecule is COCO[C@@H]1C=C[C@@H]2C(=O)Cc3ccc(OC)c4c3[C@]2(CC(=O)OC)[C@@H]1O4. The molecule has 1 aromatic rings. The molecule has 0 N–H and O–H groups in total. The van der Waals surface area contributed by atoms with Gasteiger partial charge in [-0.2, -0.15) is 0 Å². The van der Waals surface area contributed by atoms with Gasteiger partial charge in [-0.15, -0.1) is 0 Å². The highest BCUT2D eigenvalue weighted by Crippen LogP contribution is 2.60. The first kappa shape index (κ1) is 18.0. The summed E-state index contributed by atoms with van der Waals surface area (Å²) in [6.07, 6.45) is 2.95. The summed E-state index contributed by atoms with van der Waals surface area (Å²) in [7, 11) is 4.45.